The van der Waals surface area contributed by atoms with Crippen molar-refractivity contribution in [3.8, 4) is 5.75 Å². The number of fused-ring (bicyclic) bond motifs is 1. The highest BCUT2D eigenvalue weighted by Gasteiger charge is 2.10. The van der Waals surface area contributed by atoms with Crippen molar-refractivity contribution in [3.05, 3.63) is 75.6 Å². The van der Waals surface area contributed by atoms with Crippen molar-refractivity contribution in [1.29, 1.82) is 0 Å². The molecule has 0 fully saturated rings. The quantitative estimate of drug-likeness (QED) is 0.707. The van der Waals surface area contributed by atoms with Crippen molar-refractivity contribution in [2.45, 2.75) is 13.0 Å². The Morgan fingerprint density at radius 3 is 2.64 bits per heavy atom. The van der Waals surface area contributed by atoms with Crippen LogP contribution in [0.4, 0.5) is 0 Å². The number of benzene rings is 2. The van der Waals surface area contributed by atoms with Crippen LogP contribution in [-0.4, -0.2) is 12.5 Å². The van der Waals surface area contributed by atoms with Crippen molar-refractivity contribution in [1.82, 2.24) is 5.32 Å². The molecule has 3 aromatic rings. The second kappa shape index (κ2) is 7.40. The fraction of sp³-hybridized carbons (Fsp3) is 0.158. The number of hydrogen-bond acceptors (Lipinski definition) is 4. The third-order valence-corrected chi connectivity index (χ3v) is 3.96. The van der Waals surface area contributed by atoms with E-state index < -0.39 is 5.63 Å². The molecule has 1 aromatic heterocycles. The van der Waals surface area contributed by atoms with E-state index in [0.29, 0.717) is 16.4 Å². The van der Waals surface area contributed by atoms with E-state index in [-0.39, 0.29) is 18.6 Å². The smallest absolute Gasteiger partial charge is 0.336 e. The van der Waals surface area contributed by atoms with Gasteiger partial charge in [0.1, 0.15) is 11.3 Å². The van der Waals surface area contributed by atoms with Gasteiger partial charge in [0.15, 0.2) is 6.61 Å². The van der Waals surface area contributed by atoms with Crippen molar-refractivity contribution < 1.29 is 13.9 Å². The van der Waals surface area contributed by atoms with E-state index in [4.69, 9.17) is 20.8 Å². The third-order valence-electron chi connectivity index (χ3n) is 3.71. The Kier molecular flexibility index (Phi) is 5.05. The van der Waals surface area contributed by atoms with Crippen LogP contribution in [0.5, 0.6) is 5.75 Å². The minimum Gasteiger partial charge on any atom is -0.484 e. The summed E-state index contributed by atoms with van der Waals surface area (Å²) in [6, 6.07) is 15.2. The summed E-state index contributed by atoms with van der Waals surface area (Å²) in [5.41, 5.74) is 0.935. The Hall–Kier alpha value is -2.79. The number of ether oxygens (including phenoxy) is 1. The highest BCUT2D eigenvalue weighted by Crippen LogP contribution is 2.20. The van der Waals surface area contributed by atoms with E-state index in [1.807, 2.05) is 19.1 Å². The zero-order valence-electron chi connectivity index (χ0n) is 13.5. The van der Waals surface area contributed by atoms with Crippen molar-refractivity contribution in [2.24, 2.45) is 0 Å². The van der Waals surface area contributed by atoms with Gasteiger partial charge < -0.3 is 14.5 Å². The second-order valence-electron chi connectivity index (χ2n) is 5.58. The van der Waals surface area contributed by atoms with Crippen molar-refractivity contribution >= 4 is 28.5 Å². The van der Waals surface area contributed by atoms with Gasteiger partial charge in [0, 0.05) is 22.5 Å². The second-order valence-corrected chi connectivity index (χ2v) is 6.02. The largest absolute Gasteiger partial charge is 0.484 e. The van der Waals surface area contributed by atoms with Crippen LogP contribution in [0, 0.1) is 0 Å². The Labute approximate surface area is 149 Å². The van der Waals surface area contributed by atoms with E-state index in [1.165, 1.54) is 6.07 Å². The lowest BCUT2D eigenvalue weighted by Gasteiger charge is -2.15. The molecule has 1 N–H and O–H groups in total. The first-order valence-electron chi connectivity index (χ1n) is 7.73. The van der Waals surface area contributed by atoms with Crippen LogP contribution in [0.2, 0.25) is 5.02 Å². The molecule has 0 radical (unpaired) electrons. The molecule has 1 atom stereocenters. The lowest BCUT2D eigenvalue weighted by atomic mass is 10.1. The van der Waals surface area contributed by atoms with Crippen LogP contribution in [-0.2, 0) is 4.79 Å². The topological polar surface area (TPSA) is 68.5 Å². The summed E-state index contributed by atoms with van der Waals surface area (Å²) in [7, 11) is 0. The summed E-state index contributed by atoms with van der Waals surface area (Å²) in [5.74, 6) is 0.202. The van der Waals surface area contributed by atoms with Crippen LogP contribution < -0.4 is 15.7 Å². The first-order valence-corrected chi connectivity index (χ1v) is 8.10. The molecule has 0 spiro atoms. The molecule has 1 heterocycles. The maximum absolute atomic E-state index is 12.0. The van der Waals surface area contributed by atoms with Crippen LogP contribution in [0.3, 0.4) is 0 Å². The predicted molar refractivity (Wildman–Crippen MR) is 96.0 cm³/mol. The lowest BCUT2D eigenvalue weighted by molar-refractivity contribution is -0.123. The fourth-order valence-corrected chi connectivity index (χ4v) is 2.52. The number of hydrogen-bond donors (Lipinski definition) is 1. The fourth-order valence-electron chi connectivity index (χ4n) is 2.40. The van der Waals surface area contributed by atoms with Crippen LogP contribution in [0.25, 0.3) is 11.0 Å². The molecule has 6 heteroatoms. The first kappa shape index (κ1) is 17.0. The van der Waals surface area contributed by atoms with Gasteiger partial charge in [-0.3, -0.25) is 4.79 Å². The Morgan fingerprint density at radius 2 is 1.88 bits per heavy atom. The Bertz CT molecular complexity index is 950. The summed E-state index contributed by atoms with van der Waals surface area (Å²) in [6.45, 7) is 1.74. The molecule has 5 nitrogen and oxygen atoms in total. The van der Waals surface area contributed by atoms with Crippen LogP contribution >= 0.6 is 11.6 Å². The number of carbonyl (C=O) groups is 1. The highest BCUT2D eigenvalue weighted by molar-refractivity contribution is 6.30. The van der Waals surface area contributed by atoms with Gasteiger partial charge in [0.05, 0.1) is 6.04 Å². The lowest BCUT2D eigenvalue weighted by Crippen LogP contribution is -2.31. The summed E-state index contributed by atoms with van der Waals surface area (Å²) in [5, 5.41) is 4.28. The number of rotatable bonds is 5. The minimum atomic E-state index is -0.431. The van der Waals surface area contributed by atoms with Gasteiger partial charge in [-0.1, -0.05) is 23.7 Å². The molecular weight excluding hydrogens is 342 g/mol. The summed E-state index contributed by atoms with van der Waals surface area (Å²) in [4.78, 5) is 23.3. The number of nitrogens with one attached hydrogen (secondary N) is 1. The standard InChI is InChI=1S/C19H16ClNO4/c1-12(13-2-6-15(20)7-3-13)21-18(22)11-24-16-8-4-14-5-9-19(23)25-17(14)10-16/h2-10,12H,11H2,1H3,(H,21,22)/t12-/m0/s1. The van der Waals surface area contributed by atoms with Gasteiger partial charge in [-0.2, -0.15) is 0 Å². The molecule has 1 amide bonds. The predicted octanol–water partition coefficient (Wildman–Crippen LogP) is 3.70. The maximum atomic E-state index is 12.0. The Balaban J connectivity index is 1.60. The molecule has 25 heavy (non-hydrogen) atoms. The SMILES string of the molecule is C[C@H](NC(=O)COc1ccc2ccc(=O)oc2c1)c1ccc(Cl)cc1. The van der Waals surface area contributed by atoms with Gasteiger partial charge >= 0.3 is 5.63 Å². The zero-order chi connectivity index (χ0) is 17.8. The number of carbonyl (C=O) groups excluding carboxylic acids is 1. The summed E-state index contributed by atoms with van der Waals surface area (Å²) in [6.07, 6.45) is 0. The molecule has 0 aliphatic heterocycles. The third kappa shape index (κ3) is 4.39. The Morgan fingerprint density at radius 1 is 1.16 bits per heavy atom. The van der Waals surface area contributed by atoms with Gasteiger partial charge in [0.25, 0.3) is 5.91 Å². The average molecular weight is 358 g/mol. The summed E-state index contributed by atoms with van der Waals surface area (Å²) >= 11 is 5.86. The minimum absolute atomic E-state index is 0.138. The monoisotopic (exact) mass is 357 g/mol. The first-order chi connectivity index (χ1) is 12.0. The highest BCUT2D eigenvalue weighted by atomic mass is 35.5. The van der Waals surface area contributed by atoms with Crippen molar-refractivity contribution in [3.63, 3.8) is 0 Å². The summed E-state index contributed by atoms with van der Waals surface area (Å²) < 4.78 is 10.6. The molecule has 0 saturated carbocycles. The van der Waals surface area contributed by atoms with Crippen LogP contribution in [0.1, 0.15) is 18.5 Å². The maximum Gasteiger partial charge on any atom is 0.336 e. The van der Waals surface area contributed by atoms with E-state index >= 15 is 0 Å². The molecule has 2 aromatic carbocycles. The van der Waals surface area contributed by atoms with E-state index in [9.17, 15) is 9.59 Å². The molecule has 3 rings (SSSR count). The molecular formula is C19H16ClNO4. The van der Waals surface area contributed by atoms with Gasteiger partial charge in [-0.15, -0.1) is 0 Å². The normalized spacial score (nSPS) is 11.9. The van der Waals surface area contributed by atoms with E-state index in [0.717, 1.165) is 10.9 Å². The molecule has 0 bridgehead atoms. The number of halogens is 1. The van der Waals surface area contributed by atoms with Crippen molar-refractivity contribution in [2.75, 3.05) is 6.61 Å². The van der Waals surface area contributed by atoms with Gasteiger partial charge in [-0.25, -0.2) is 4.79 Å². The average Bonchev–Trinajstić information content (AvgIpc) is 2.60. The molecule has 0 aliphatic rings. The number of amides is 1. The van der Waals surface area contributed by atoms with E-state index in [1.54, 1.807) is 36.4 Å². The molecule has 0 aliphatic carbocycles. The zero-order valence-corrected chi connectivity index (χ0v) is 14.2. The van der Waals surface area contributed by atoms with Gasteiger partial charge in [0.2, 0.25) is 0 Å². The van der Waals surface area contributed by atoms with E-state index in [2.05, 4.69) is 5.32 Å². The molecule has 128 valence electrons. The van der Waals surface area contributed by atoms with Gasteiger partial charge in [-0.05, 0) is 42.8 Å². The molecule has 0 saturated heterocycles. The molecule has 0 unspecified atom stereocenters. The van der Waals surface area contributed by atoms with Crippen LogP contribution in [0.15, 0.2) is 63.8 Å².